The Kier molecular flexibility index (Phi) is 6.65. The lowest BCUT2D eigenvalue weighted by molar-refractivity contribution is -0.119. The summed E-state index contributed by atoms with van der Waals surface area (Å²) in [5.74, 6) is 1.75. The van der Waals surface area contributed by atoms with Gasteiger partial charge in [0.05, 0.1) is 0 Å². The molecule has 2 heterocycles. The summed E-state index contributed by atoms with van der Waals surface area (Å²) in [5.41, 5.74) is 3.11. The quantitative estimate of drug-likeness (QED) is 0.387. The number of likely N-dealkylation sites (tertiary alicyclic amines) is 1. The van der Waals surface area contributed by atoms with Crippen molar-refractivity contribution < 1.29 is 4.79 Å². The third kappa shape index (κ3) is 4.41. The molecule has 148 valence electrons. The van der Waals surface area contributed by atoms with E-state index in [1.54, 1.807) is 0 Å². The number of nitrogens with one attached hydrogen (secondary N) is 2. The predicted octanol–water partition coefficient (Wildman–Crippen LogP) is 2.90. The lowest BCUT2D eigenvalue weighted by Crippen LogP contribution is -2.51. The molecule has 4 rings (SSSR count). The number of aryl methyl sites for hydroxylation is 1. The zero-order valence-corrected chi connectivity index (χ0v) is 18.5. The van der Waals surface area contributed by atoms with Crippen molar-refractivity contribution >= 4 is 35.8 Å². The Morgan fingerprint density at radius 1 is 1.37 bits per heavy atom. The zero-order valence-electron chi connectivity index (χ0n) is 16.2. The lowest BCUT2D eigenvalue weighted by Gasteiger charge is -2.41. The number of fused-ring (bicyclic) bond motifs is 1. The van der Waals surface area contributed by atoms with Crippen LogP contribution in [0.2, 0.25) is 0 Å². The molecule has 2 fully saturated rings. The van der Waals surface area contributed by atoms with Crippen LogP contribution in [0.5, 0.6) is 0 Å². The second kappa shape index (κ2) is 8.80. The molecule has 27 heavy (non-hydrogen) atoms. The number of hydrogen-bond acceptors (Lipinski definition) is 2. The smallest absolute Gasteiger partial charge is 0.220 e. The van der Waals surface area contributed by atoms with Gasteiger partial charge < -0.3 is 15.5 Å². The van der Waals surface area contributed by atoms with Gasteiger partial charge in [0.1, 0.15) is 0 Å². The third-order valence-electron chi connectivity index (χ3n) is 6.37. The molecule has 6 heteroatoms. The van der Waals surface area contributed by atoms with Gasteiger partial charge in [-0.2, -0.15) is 0 Å². The molecule has 1 aliphatic carbocycles. The molecule has 2 atom stereocenters. The van der Waals surface area contributed by atoms with Gasteiger partial charge in [-0.1, -0.05) is 24.3 Å². The molecule has 2 aliphatic heterocycles. The predicted molar refractivity (Wildman–Crippen MR) is 120 cm³/mol. The van der Waals surface area contributed by atoms with Crippen LogP contribution in [0.1, 0.15) is 49.1 Å². The monoisotopic (exact) mass is 482 g/mol. The summed E-state index contributed by atoms with van der Waals surface area (Å²) >= 11 is 0. The number of piperidine rings is 1. The van der Waals surface area contributed by atoms with Crippen LogP contribution in [0.15, 0.2) is 29.3 Å². The molecule has 2 unspecified atom stereocenters. The highest BCUT2D eigenvalue weighted by molar-refractivity contribution is 14.0. The number of aliphatic imine (C=N–C) groups is 1. The van der Waals surface area contributed by atoms with Crippen molar-refractivity contribution in [2.45, 2.75) is 44.4 Å². The maximum atomic E-state index is 11.7. The van der Waals surface area contributed by atoms with E-state index in [9.17, 15) is 4.79 Å². The first kappa shape index (κ1) is 20.4. The van der Waals surface area contributed by atoms with E-state index in [4.69, 9.17) is 0 Å². The van der Waals surface area contributed by atoms with Gasteiger partial charge in [-0.05, 0) is 43.2 Å². The van der Waals surface area contributed by atoms with E-state index in [0.717, 1.165) is 45.0 Å². The highest BCUT2D eigenvalue weighted by Crippen LogP contribution is 2.36. The molecule has 0 bridgehead atoms. The Balaban J connectivity index is 0.00000210. The summed E-state index contributed by atoms with van der Waals surface area (Å²) < 4.78 is 0. The van der Waals surface area contributed by atoms with Crippen molar-refractivity contribution in [1.29, 1.82) is 0 Å². The maximum Gasteiger partial charge on any atom is 0.220 e. The first-order valence-corrected chi connectivity index (χ1v) is 9.99. The Morgan fingerprint density at radius 3 is 3.00 bits per heavy atom. The van der Waals surface area contributed by atoms with Crippen molar-refractivity contribution in [3.8, 4) is 0 Å². The minimum absolute atomic E-state index is 0. The van der Waals surface area contributed by atoms with Crippen LogP contribution in [0.25, 0.3) is 0 Å². The molecule has 3 aliphatic rings. The average Bonchev–Trinajstić information content (AvgIpc) is 3.02. The molecule has 0 radical (unpaired) electrons. The summed E-state index contributed by atoms with van der Waals surface area (Å²) in [7, 11) is 1.87. The number of halogens is 1. The van der Waals surface area contributed by atoms with Crippen LogP contribution in [0.4, 0.5) is 0 Å². The second-order valence-corrected chi connectivity index (χ2v) is 8.19. The molecule has 2 saturated heterocycles. The highest BCUT2D eigenvalue weighted by Gasteiger charge is 2.42. The molecule has 1 spiro atoms. The number of carbonyl (C=O) groups is 1. The summed E-state index contributed by atoms with van der Waals surface area (Å²) in [4.78, 5) is 18.6. The number of amides is 1. The fourth-order valence-corrected chi connectivity index (χ4v) is 5.04. The molecule has 0 aromatic heterocycles. The fraction of sp³-hybridized carbons (Fsp3) is 0.619. The largest absolute Gasteiger partial charge is 0.356 e. The topological polar surface area (TPSA) is 56.7 Å². The van der Waals surface area contributed by atoms with Crippen LogP contribution in [-0.2, 0) is 11.2 Å². The summed E-state index contributed by atoms with van der Waals surface area (Å²) in [6.07, 6.45) is 6.64. The van der Waals surface area contributed by atoms with Crippen molar-refractivity contribution in [3.63, 3.8) is 0 Å². The average molecular weight is 482 g/mol. The molecule has 1 aromatic rings. The van der Waals surface area contributed by atoms with Gasteiger partial charge in [0.25, 0.3) is 0 Å². The number of nitrogens with zero attached hydrogens (tertiary/aromatic N) is 2. The Bertz CT molecular complexity index is 707. The first-order valence-electron chi connectivity index (χ1n) is 9.99. The van der Waals surface area contributed by atoms with E-state index in [2.05, 4.69) is 44.8 Å². The summed E-state index contributed by atoms with van der Waals surface area (Å²) in [6.45, 7) is 3.70. The standard InChI is InChI=1S/C21H30N4O.HI/c1-22-20(25-11-5-10-21(15-25)12-19(26)24-14-21)23-13-17-8-4-7-16-6-2-3-9-18(16)17;/h2-3,6,9,17H,4-5,7-8,10-15H2,1H3,(H,22,23)(H,24,26);1H. The fourth-order valence-electron chi connectivity index (χ4n) is 5.04. The van der Waals surface area contributed by atoms with Crippen LogP contribution in [0, 0.1) is 5.41 Å². The minimum Gasteiger partial charge on any atom is -0.356 e. The maximum absolute atomic E-state index is 11.7. The van der Waals surface area contributed by atoms with Gasteiger partial charge in [-0.3, -0.25) is 9.79 Å². The number of benzene rings is 1. The number of rotatable bonds is 2. The van der Waals surface area contributed by atoms with E-state index >= 15 is 0 Å². The molecular weight excluding hydrogens is 451 g/mol. The van der Waals surface area contributed by atoms with E-state index in [1.165, 1.54) is 30.4 Å². The third-order valence-corrected chi connectivity index (χ3v) is 6.37. The SMILES string of the molecule is CN=C(NCC1CCCc2ccccc21)N1CCCC2(CNC(=O)C2)C1.I. The molecule has 1 amide bonds. The molecular formula is C21H31IN4O. The second-order valence-electron chi connectivity index (χ2n) is 8.19. The summed E-state index contributed by atoms with van der Waals surface area (Å²) in [5, 5.41) is 6.66. The van der Waals surface area contributed by atoms with Gasteiger partial charge in [-0.15, -0.1) is 24.0 Å². The van der Waals surface area contributed by atoms with Crippen molar-refractivity contribution in [1.82, 2.24) is 15.5 Å². The van der Waals surface area contributed by atoms with Gasteiger partial charge in [0.2, 0.25) is 5.91 Å². The highest BCUT2D eigenvalue weighted by atomic mass is 127. The first-order chi connectivity index (χ1) is 12.7. The van der Waals surface area contributed by atoms with Crippen LogP contribution < -0.4 is 10.6 Å². The van der Waals surface area contributed by atoms with Gasteiger partial charge in [0, 0.05) is 51.0 Å². The number of guanidine groups is 1. The van der Waals surface area contributed by atoms with Crippen LogP contribution in [0.3, 0.4) is 0 Å². The lowest BCUT2D eigenvalue weighted by atomic mass is 9.79. The van der Waals surface area contributed by atoms with Crippen molar-refractivity contribution in [3.05, 3.63) is 35.4 Å². The Morgan fingerprint density at radius 2 is 2.22 bits per heavy atom. The molecule has 0 saturated carbocycles. The van der Waals surface area contributed by atoms with Gasteiger partial charge >= 0.3 is 0 Å². The van der Waals surface area contributed by atoms with E-state index in [0.29, 0.717) is 12.3 Å². The van der Waals surface area contributed by atoms with Crippen molar-refractivity contribution in [2.24, 2.45) is 10.4 Å². The van der Waals surface area contributed by atoms with Crippen LogP contribution >= 0.6 is 24.0 Å². The van der Waals surface area contributed by atoms with E-state index in [-0.39, 0.29) is 35.3 Å². The van der Waals surface area contributed by atoms with E-state index < -0.39 is 0 Å². The normalized spacial score (nSPS) is 27.7. The Labute approximate surface area is 179 Å². The molecule has 5 nitrogen and oxygen atoms in total. The number of carbonyl (C=O) groups excluding carboxylic acids is 1. The van der Waals surface area contributed by atoms with Crippen LogP contribution in [-0.4, -0.2) is 50.0 Å². The summed E-state index contributed by atoms with van der Waals surface area (Å²) in [6, 6.07) is 8.87. The van der Waals surface area contributed by atoms with Gasteiger partial charge in [-0.25, -0.2) is 0 Å². The molecule has 1 aromatic carbocycles. The van der Waals surface area contributed by atoms with Crippen molar-refractivity contribution in [2.75, 3.05) is 33.2 Å². The zero-order chi connectivity index (χ0) is 18.0. The Hall–Kier alpha value is -1.31. The minimum atomic E-state index is 0. The van der Waals surface area contributed by atoms with Gasteiger partial charge in [0.15, 0.2) is 5.96 Å². The number of hydrogen-bond donors (Lipinski definition) is 2. The van der Waals surface area contributed by atoms with E-state index in [1.807, 2.05) is 7.05 Å². The molecule has 2 N–H and O–H groups in total.